The van der Waals surface area contributed by atoms with Gasteiger partial charge in [-0.1, -0.05) is 0 Å². The molecule has 1 spiro atoms. The predicted molar refractivity (Wildman–Crippen MR) is 65.8 cm³/mol. The van der Waals surface area contributed by atoms with E-state index in [0.717, 1.165) is 29.8 Å². The van der Waals surface area contributed by atoms with Crippen LogP contribution in [0.5, 0.6) is 0 Å². The SMILES string of the molecule is Cc1ncc2[nH]c3c(c2n1)CC1(CC1)N(C)C3. The van der Waals surface area contributed by atoms with Gasteiger partial charge in [0, 0.05) is 23.3 Å². The Morgan fingerprint density at radius 3 is 3.00 bits per heavy atom. The third-order valence-electron chi connectivity index (χ3n) is 4.38. The van der Waals surface area contributed by atoms with Gasteiger partial charge >= 0.3 is 0 Å². The minimum atomic E-state index is 0.445. The van der Waals surface area contributed by atoms with Crippen LogP contribution >= 0.6 is 0 Å². The highest BCUT2D eigenvalue weighted by atomic mass is 15.2. The Morgan fingerprint density at radius 1 is 1.41 bits per heavy atom. The summed E-state index contributed by atoms with van der Waals surface area (Å²) in [5, 5.41) is 0. The van der Waals surface area contributed by atoms with Crippen LogP contribution in [0.2, 0.25) is 0 Å². The van der Waals surface area contributed by atoms with Crippen molar-refractivity contribution in [2.75, 3.05) is 7.05 Å². The van der Waals surface area contributed by atoms with E-state index in [9.17, 15) is 0 Å². The molecule has 1 aliphatic carbocycles. The monoisotopic (exact) mass is 228 g/mol. The van der Waals surface area contributed by atoms with Crippen molar-refractivity contribution in [3.8, 4) is 0 Å². The number of nitrogens with zero attached hydrogens (tertiary/aromatic N) is 3. The fourth-order valence-corrected chi connectivity index (χ4v) is 3.07. The summed E-state index contributed by atoms with van der Waals surface area (Å²) < 4.78 is 0. The summed E-state index contributed by atoms with van der Waals surface area (Å²) in [6.45, 7) is 2.98. The lowest BCUT2D eigenvalue weighted by Gasteiger charge is -2.32. The number of aryl methyl sites for hydroxylation is 1. The molecule has 1 aliphatic heterocycles. The first kappa shape index (κ1) is 9.59. The summed E-state index contributed by atoms with van der Waals surface area (Å²) in [4.78, 5) is 14.8. The van der Waals surface area contributed by atoms with E-state index < -0.39 is 0 Å². The molecular formula is C13H16N4. The summed E-state index contributed by atoms with van der Waals surface area (Å²) in [7, 11) is 2.23. The average Bonchev–Trinajstić information content (AvgIpc) is 2.99. The Labute approximate surface area is 100 Å². The average molecular weight is 228 g/mol. The van der Waals surface area contributed by atoms with E-state index in [-0.39, 0.29) is 0 Å². The van der Waals surface area contributed by atoms with Crippen molar-refractivity contribution in [1.29, 1.82) is 0 Å². The van der Waals surface area contributed by atoms with Gasteiger partial charge in [-0.15, -0.1) is 0 Å². The molecule has 4 nitrogen and oxygen atoms in total. The van der Waals surface area contributed by atoms with Crippen molar-refractivity contribution >= 4 is 11.0 Å². The minimum absolute atomic E-state index is 0.445. The first-order chi connectivity index (χ1) is 8.18. The molecule has 1 fully saturated rings. The number of aromatic amines is 1. The molecule has 0 radical (unpaired) electrons. The molecule has 3 heterocycles. The zero-order chi connectivity index (χ0) is 11.6. The molecule has 1 saturated carbocycles. The number of hydrogen-bond acceptors (Lipinski definition) is 3. The van der Waals surface area contributed by atoms with Crippen molar-refractivity contribution in [3.05, 3.63) is 23.3 Å². The molecule has 88 valence electrons. The van der Waals surface area contributed by atoms with Gasteiger partial charge in [0.15, 0.2) is 0 Å². The maximum absolute atomic E-state index is 4.61. The fraction of sp³-hybridized carbons (Fsp3) is 0.538. The van der Waals surface area contributed by atoms with E-state index in [2.05, 4.69) is 26.9 Å². The second-order valence-electron chi connectivity index (χ2n) is 5.52. The van der Waals surface area contributed by atoms with Crippen molar-refractivity contribution in [2.45, 2.75) is 38.3 Å². The quantitative estimate of drug-likeness (QED) is 0.747. The Hall–Kier alpha value is -1.42. The highest BCUT2D eigenvalue weighted by Gasteiger charge is 2.49. The van der Waals surface area contributed by atoms with Crippen LogP contribution in [0.3, 0.4) is 0 Å². The smallest absolute Gasteiger partial charge is 0.126 e. The molecule has 4 rings (SSSR count). The van der Waals surface area contributed by atoms with Gasteiger partial charge in [-0.2, -0.15) is 0 Å². The van der Waals surface area contributed by atoms with Gasteiger partial charge in [0.1, 0.15) is 5.82 Å². The molecule has 0 bridgehead atoms. The van der Waals surface area contributed by atoms with E-state index >= 15 is 0 Å². The standard InChI is InChI=1S/C13H16N4/c1-8-14-6-10-12(15-8)9-5-13(3-4-13)17(2)7-11(9)16-10/h6,16H,3-5,7H2,1-2H3. The molecule has 2 aromatic heterocycles. The minimum Gasteiger partial charge on any atom is -0.355 e. The number of H-pyrrole nitrogens is 1. The summed E-state index contributed by atoms with van der Waals surface area (Å²) >= 11 is 0. The van der Waals surface area contributed by atoms with Gasteiger partial charge in [0.25, 0.3) is 0 Å². The number of likely N-dealkylation sites (N-methyl/N-ethyl adjacent to an activating group) is 1. The molecule has 4 heteroatoms. The number of rotatable bonds is 0. The number of aromatic nitrogens is 3. The molecule has 0 saturated heterocycles. The lowest BCUT2D eigenvalue weighted by atomic mass is 9.97. The van der Waals surface area contributed by atoms with Crippen molar-refractivity contribution < 1.29 is 0 Å². The zero-order valence-corrected chi connectivity index (χ0v) is 10.2. The largest absolute Gasteiger partial charge is 0.355 e. The molecule has 0 unspecified atom stereocenters. The molecule has 17 heavy (non-hydrogen) atoms. The van der Waals surface area contributed by atoms with E-state index in [1.165, 1.54) is 24.1 Å². The lowest BCUT2D eigenvalue weighted by Crippen LogP contribution is -2.39. The normalized spacial score (nSPS) is 22.0. The van der Waals surface area contributed by atoms with E-state index in [1.54, 1.807) is 0 Å². The first-order valence-electron chi connectivity index (χ1n) is 6.22. The van der Waals surface area contributed by atoms with E-state index in [0.29, 0.717) is 5.54 Å². The molecule has 1 N–H and O–H groups in total. The first-order valence-corrected chi connectivity index (χ1v) is 6.22. The van der Waals surface area contributed by atoms with Crippen LogP contribution < -0.4 is 0 Å². The lowest BCUT2D eigenvalue weighted by molar-refractivity contribution is 0.193. The second-order valence-corrected chi connectivity index (χ2v) is 5.52. The zero-order valence-electron chi connectivity index (χ0n) is 10.2. The number of fused-ring (bicyclic) bond motifs is 3. The van der Waals surface area contributed by atoms with Crippen LogP contribution in [-0.4, -0.2) is 32.4 Å². The third kappa shape index (κ3) is 1.21. The molecule has 0 atom stereocenters. The second kappa shape index (κ2) is 2.88. The van der Waals surface area contributed by atoms with Crippen LogP contribution in [-0.2, 0) is 13.0 Å². The maximum atomic E-state index is 4.61. The number of nitrogens with one attached hydrogen (secondary N) is 1. The Bertz CT molecular complexity index is 609. The Balaban J connectivity index is 1.94. The molecule has 0 aromatic carbocycles. The van der Waals surface area contributed by atoms with Crippen LogP contribution in [0, 0.1) is 6.92 Å². The van der Waals surface area contributed by atoms with E-state index in [4.69, 9.17) is 0 Å². The summed E-state index contributed by atoms with van der Waals surface area (Å²) in [5.74, 6) is 0.864. The number of hydrogen-bond donors (Lipinski definition) is 1. The van der Waals surface area contributed by atoms with Gasteiger partial charge in [-0.3, -0.25) is 4.90 Å². The Morgan fingerprint density at radius 2 is 2.24 bits per heavy atom. The summed E-state index contributed by atoms with van der Waals surface area (Å²) in [5.41, 5.74) is 5.45. The van der Waals surface area contributed by atoms with Gasteiger partial charge in [-0.05, 0) is 33.2 Å². The fourth-order valence-electron chi connectivity index (χ4n) is 3.07. The summed E-state index contributed by atoms with van der Waals surface area (Å²) in [6.07, 6.45) is 5.73. The molecule has 0 amide bonds. The summed E-state index contributed by atoms with van der Waals surface area (Å²) in [6, 6.07) is 0. The maximum Gasteiger partial charge on any atom is 0.126 e. The predicted octanol–water partition coefficient (Wildman–Crippen LogP) is 1.79. The highest BCUT2D eigenvalue weighted by Crippen LogP contribution is 2.48. The van der Waals surface area contributed by atoms with Crippen molar-refractivity contribution in [1.82, 2.24) is 19.9 Å². The Kier molecular flexibility index (Phi) is 1.62. The molecule has 2 aromatic rings. The van der Waals surface area contributed by atoms with Crippen molar-refractivity contribution in [3.63, 3.8) is 0 Å². The van der Waals surface area contributed by atoms with E-state index in [1.807, 2.05) is 13.1 Å². The molecular weight excluding hydrogens is 212 g/mol. The van der Waals surface area contributed by atoms with Crippen LogP contribution in [0.1, 0.15) is 29.9 Å². The molecule has 2 aliphatic rings. The van der Waals surface area contributed by atoms with Crippen molar-refractivity contribution in [2.24, 2.45) is 0 Å². The highest BCUT2D eigenvalue weighted by molar-refractivity contribution is 5.80. The van der Waals surface area contributed by atoms with Crippen LogP contribution in [0.4, 0.5) is 0 Å². The third-order valence-corrected chi connectivity index (χ3v) is 4.38. The van der Waals surface area contributed by atoms with Crippen LogP contribution in [0.15, 0.2) is 6.20 Å². The van der Waals surface area contributed by atoms with Gasteiger partial charge in [0.2, 0.25) is 0 Å². The van der Waals surface area contributed by atoms with Crippen LogP contribution in [0.25, 0.3) is 11.0 Å². The van der Waals surface area contributed by atoms with Gasteiger partial charge in [0.05, 0.1) is 17.2 Å². The van der Waals surface area contributed by atoms with Gasteiger partial charge in [-0.25, -0.2) is 9.97 Å². The van der Waals surface area contributed by atoms with Gasteiger partial charge < -0.3 is 4.98 Å². The topological polar surface area (TPSA) is 44.8 Å².